The number of carbonyl (C=O) groups excluding carboxylic acids is 1. The van der Waals surface area contributed by atoms with Gasteiger partial charge in [0.05, 0.1) is 5.56 Å². The van der Waals surface area contributed by atoms with Crippen LogP contribution < -0.4 is 0 Å². The third kappa shape index (κ3) is 2.85. The number of hydrogen-bond acceptors (Lipinski definition) is 4. The van der Waals surface area contributed by atoms with Gasteiger partial charge in [-0.1, -0.05) is 0 Å². The van der Waals surface area contributed by atoms with Crippen LogP contribution in [-0.4, -0.2) is 23.3 Å². The molecule has 0 aromatic heterocycles. The van der Waals surface area contributed by atoms with Gasteiger partial charge in [0, 0.05) is 0 Å². The lowest BCUT2D eigenvalue weighted by atomic mass is 10.2. The largest absolute Gasteiger partial charge is 0.709 e. The van der Waals surface area contributed by atoms with E-state index < -0.39 is 19.1 Å². The van der Waals surface area contributed by atoms with Crippen LogP contribution in [0.4, 0.5) is 4.39 Å². The molecule has 0 aliphatic rings. The Balaban J connectivity index is 2.72. The second-order valence-corrected chi connectivity index (χ2v) is 2.24. The second kappa shape index (κ2) is 4.02. The molecule has 13 heavy (non-hydrogen) atoms. The molecule has 4 nitrogen and oxygen atoms in total. The van der Waals surface area contributed by atoms with Crippen LogP contribution in [-0.2, 0) is 4.65 Å². The van der Waals surface area contributed by atoms with Crippen molar-refractivity contribution < 1.29 is 23.9 Å². The average Bonchev–Trinajstić information content (AvgIpc) is 2.04. The van der Waals surface area contributed by atoms with Crippen molar-refractivity contribution >= 4 is 13.3 Å². The van der Waals surface area contributed by atoms with Crippen LogP contribution in [0.1, 0.15) is 10.4 Å². The molecule has 68 valence electrons. The van der Waals surface area contributed by atoms with Crippen molar-refractivity contribution in [3.05, 3.63) is 35.6 Å². The van der Waals surface area contributed by atoms with Gasteiger partial charge in [0.2, 0.25) is 0 Å². The van der Waals surface area contributed by atoms with Gasteiger partial charge in [-0.05, 0) is 24.3 Å². The molecule has 2 N–H and O–H groups in total. The van der Waals surface area contributed by atoms with E-state index in [2.05, 4.69) is 4.65 Å². The summed E-state index contributed by atoms with van der Waals surface area (Å²) in [5.41, 5.74) is 0.0505. The van der Waals surface area contributed by atoms with Gasteiger partial charge in [-0.25, -0.2) is 9.18 Å². The van der Waals surface area contributed by atoms with Crippen molar-refractivity contribution in [1.29, 1.82) is 0 Å². The lowest BCUT2D eigenvalue weighted by Crippen LogP contribution is -2.21. The molecule has 1 rings (SSSR count). The highest BCUT2D eigenvalue weighted by Gasteiger charge is 2.17. The monoisotopic (exact) mass is 184 g/mol. The first-order valence-electron chi connectivity index (χ1n) is 3.42. The molecule has 0 atom stereocenters. The van der Waals surface area contributed by atoms with Crippen molar-refractivity contribution in [2.75, 3.05) is 0 Å². The second-order valence-electron chi connectivity index (χ2n) is 2.24. The lowest BCUT2D eigenvalue weighted by molar-refractivity contribution is 0.0648. The minimum atomic E-state index is -2.16. The summed E-state index contributed by atoms with van der Waals surface area (Å²) in [6.45, 7) is 0. The summed E-state index contributed by atoms with van der Waals surface area (Å²) < 4.78 is 16.4. The maximum Gasteiger partial charge on any atom is 0.709 e. The summed E-state index contributed by atoms with van der Waals surface area (Å²) in [5, 5.41) is 16.6. The minimum Gasteiger partial charge on any atom is -0.481 e. The molecule has 0 unspecified atom stereocenters. The zero-order valence-corrected chi connectivity index (χ0v) is 6.48. The molecule has 0 saturated carbocycles. The van der Waals surface area contributed by atoms with Crippen molar-refractivity contribution in [2.45, 2.75) is 0 Å². The predicted octanol–water partition coefficient (Wildman–Crippen LogP) is -0.0480. The molecule has 1 aromatic carbocycles. The van der Waals surface area contributed by atoms with E-state index in [9.17, 15) is 9.18 Å². The van der Waals surface area contributed by atoms with Gasteiger partial charge in [-0.15, -0.1) is 0 Å². The van der Waals surface area contributed by atoms with E-state index in [4.69, 9.17) is 10.0 Å². The number of rotatable bonds is 2. The fourth-order valence-electron chi connectivity index (χ4n) is 0.750. The molecule has 0 aliphatic carbocycles. The summed E-state index contributed by atoms with van der Waals surface area (Å²) in [7, 11) is -2.16. The van der Waals surface area contributed by atoms with Crippen LogP contribution in [0.3, 0.4) is 0 Å². The molecule has 1 aromatic rings. The first kappa shape index (κ1) is 9.69. The van der Waals surface area contributed by atoms with E-state index >= 15 is 0 Å². The highest BCUT2D eigenvalue weighted by molar-refractivity contribution is 6.36. The number of hydrogen-bond donors (Lipinski definition) is 2. The van der Waals surface area contributed by atoms with Crippen LogP contribution >= 0.6 is 0 Å². The highest BCUT2D eigenvalue weighted by Crippen LogP contribution is 2.04. The van der Waals surface area contributed by atoms with Crippen LogP contribution in [0.2, 0.25) is 0 Å². The SMILES string of the molecule is O=C(OB(O)O)c1ccc(F)cc1. The van der Waals surface area contributed by atoms with Crippen LogP contribution in [0.5, 0.6) is 0 Å². The van der Waals surface area contributed by atoms with Crippen LogP contribution in [0.15, 0.2) is 24.3 Å². The van der Waals surface area contributed by atoms with Crippen molar-refractivity contribution in [3.8, 4) is 0 Å². The standard InChI is InChI=1S/C7H6BFO4/c9-6-3-1-5(2-4-6)7(10)13-8(11)12/h1-4,11-12H. The van der Waals surface area contributed by atoms with Gasteiger partial charge in [-0.2, -0.15) is 0 Å². The molecule has 0 spiro atoms. The zero-order chi connectivity index (χ0) is 9.84. The number of benzene rings is 1. The molecular formula is C7H6BFO4. The van der Waals surface area contributed by atoms with Gasteiger partial charge in [0.25, 0.3) is 0 Å². The fraction of sp³-hybridized carbons (Fsp3) is 0. The molecule has 0 amide bonds. The van der Waals surface area contributed by atoms with Gasteiger partial charge >= 0.3 is 13.3 Å². The third-order valence-corrected chi connectivity index (χ3v) is 1.29. The first-order chi connectivity index (χ1) is 6.09. The Bertz CT molecular complexity index is 298. The van der Waals surface area contributed by atoms with Gasteiger partial charge in [-0.3, -0.25) is 0 Å². The molecule has 0 aliphatic heterocycles. The quantitative estimate of drug-likeness (QED) is 0.632. The zero-order valence-electron chi connectivity index (χ0n) is 6.48. The van der Waals surface area contributed by atoms with Gasteiger partial charge in [0.15, 0.2) is 0 Å². The molecule has 0 saturated heterocycles. The van der Waals surface area contributed by atoms with E-state index in [-0.39, 0.29) is 5.56 Å². The van der Waals surface area contributed by atoms with Crippen LogP contribution in [0.25, 0.3) is 0 Å². The third-order valence-electron chi connectivity index (χ3n) is 1.29. The van der Waals surface area contributed by atoms with Gasteiger partial charge < -0.3 is 14.7 Å². The Kier molecular flexibility index (Phi) is 3.00. The molecule has 0 bridgehead atoms. The molecule has 0 radical (unpaired) electrons. The number of halogens is 1. The summed E-state index contributed by atoms with van der Waals surface area (Å²) in [5.74, 6) is -1.41. The Hall–Kier alpha value is -1.40. The Morgan fingerprint density at radius 1 is 1.31 bits per heavy atom. The fourth-order valence-corrected chi connectivity index (χ4v) is 0.750. The summed E-state index contributed by atoms with van der Waals surface area (Å²) in [6, 6.07) is 4.50. The minimum absolute atomic E-state index is 0.0505. The van der Waals surface area contributed by atoms with E-state index in [0.717, 1.165) is 12.1 Å². The first-order valence-corrected chi connectivity index (χ1v) is 3.42. The maximum absolute atomic E-state index is 12.4. The van der Waals surface area contributed by atoms with E-state index in [1.807, 2.05) is 0 Å². The smallest absolute Gasteiger partial charge is 0.481 e. The van der Waals surface area contributed by atoms with Crippen molar-refractivity contribution in [2.24, 2.45) is 0 Å². The molecule has 0 fully saturated rings. The topological polar surface area (TPSA) is 66.8 Å². The van der Waals surface area contributed by atoms with Crippen LogP contribution in [0, 0.1) is 5.82 Å². The summed E-state index contributed by atoms with van der Waals surface area (Å²) in [6.07, 6.45) is 0. The Morgan fingerprint density at radius 2 is 1.85 bits per heavy atom. The number of carbonyl (C=O) groups is 1. The molecule has 0 heterocycles. The average molecular weight is 184 g/mol. The predicted molar refractivity (Wildman–Crippen MR) is 42.0 cm³/mol. The Morgan fingerprint density at radius 3 is 2.31 bits per heavy atom. The Labute approximate surface area is 73.8 Å². The van der Waals surface area contributed by atoms with E-state index in [1.165, 1.54) is 12.1 Å². The summed E-state index contributed by atoms with van der Waals surface area (Å²) in [4.78, 5) is 10.9. The maximum atomic E-state index is 12.4. The molecular weight excluding hydrogens is 178 g/mol. The summed E-state index contributed by atoms with van der Waals surface area (Å²) >= 11 is 0. The highest BCUT2D eigenvalue weighted by atomic mass is 19.1. The molecule has 6 heteroatoms. The van der Waals surface area contributed by atoms with E-state index in [1.54, 1.807) is 0 Å². The normalized spacial score (nSPS) is 9.46. The van der Waals surface area contributed by atoms with Gasteiger partial charge in [0.1, 0.15) is 5.82 Å². The van der Waals surface area contributed by atoms with Crippen molar-refractivity contribution in [3.63, 3.8) is 0 Å². The van der Waals surface area contributed by atoms with E-state index in [0.29, 0.717) is 0 Å². The lowest BCUT2D eigenvalue weighted by Gasteiger charge is -2.01. The van der Waals surface area contributed by atoms with Crippen molar-refractivity contribution in [1.82, 2.24) is 0 Å².